The summed E-state index contributed by atoms with van der Waals surface area (Å²) in [6.07, 6.45) is 2.66. The summed E-state index contributed by atoms with van der Waals surface area (Å²) in [7, 11) is 1.55. The van der Waals surface area contributed by atoms with Crippen molar-refractivity contribution >= 4 is 40.8 Å². The van der Waals surface area contributed by atoms with E-state index < -0.39 is 0 Å². The van der Waals surface area contributed by atoms with Gasteiger partial charge in [-0.2, -0.15) is 0 Å². The van der Waals surface area contributed by atoms with Gasteiger partial charge >= 0.3 is 0 Å². The molecule has 32 heavy (non-hydrogen) atoms. The van der Waals surface area contributed by atoms with Crippen molar-refractivity contribution in [3.05, 3.63) is 63.6 Å². The molecule has 1 amide bonds. The van der Waals surface area contributed by atoms with Crippen molar-refractivity contribution in [3.63, 3.8) is 0 Å². The van der Waals surface area contributed by atoms with Gasteiger partial charge in [-0.05, 0) is 50.1 Å². The van der Waals surface area contributed by atoms with Crippen molar-refractivity contribution in [2.75, 3.05) is 25.1 Å². The Labute approximate surface area is 196 Å². The van der Waals surface area contributed by atoms with Crippen LogP contribution in [0.3, 0.4) is 0 Å². The number of aldehydes is 1. The molecule has 0 bridgehead atoms. The summed E-state index contributed by atoms with van der Waals surface area (Å²) >= 11 is 7.36. The minimum Gasteiger partial charge on any atom is -0.496 e. The Morgan fingerprint density at radius 2 is 2.06 bits per heavy atom. The van der Waals surface area contributed by atoms with Gasteiger partial charge in [0.05, 0.1) is 18.4 Å². The zero-order chi connectivity index (χ0) is 22.7. The molecule has 4 rings (SSSR count). The molecule has 1 fully saturated rings. The second-order valence-corrected chi connectivity index (χ2v) is 9.18. The van der Waals surface area contributed by atoms with Crippen molar-refractivity contribution in [1.82, 2.24) is 10.3 Å². The number of ether oxygens (including phenoxy) is 1. The molecule has 166 valence electrons. The molecule has 8 heteroatoms. The Morgan fingerprint density at radius 3 is 2.78 bits per heavy atom. The van der Waals surface area contributed by atoms with Crippen molar-refractivity contribution in [1.29, 1.82) is 0 Å². The highest BCUT2D eigenvalue weighted by molar-refractivity contribution is 7.17. The number of carbonyl (C=O) groups is 2. The van der Waals surface area contributed by atoms with Crippen molar-refractivity contribution in [2.24, 2.45) is 0 Å². The standard InChI is InChI=1S/C24H24ClN3O3S/c1-15-22(32-24(26-15)16-5-7-18(25)8-6-16)23(30)27-19-4-3-11-28(13-19)20-9-10-21(31-2)17(12-20)14-29/h5-10,12,14,19H,3-4,11,13H2,1-2H3,(H,27,30). The van der Waals surface area contributed by atoms with Crippen LogP contribution < -0.4 is 15.0 Å². The fourth-order valence-electron chi connectivity index (χ4n) is 3.91. The van der Waals surface area contributed by atoms with Crippen LogP contribution in [0.4, 0.5) is 5.69 Å². The van der Waals surface area contributed by atoms with Crippen molar-refractivity contribution < 1.29 is 14.3 Å². The van der Waals surface area contributed by atoms with Gasteiger partial charge in [0.2, 0.25) is 0 Å². The van der Waals surface area contributed by atoms with E-state index >= 15 is 0 Å². The molecule has 1 aliphatic heterocycles. The number of rotatable bonds is 6. The number of piperidine rings is 1. The lowest BCUT2D eigenvalue weighted by Gasteiger charge is -2.35. The Kier molecular flexibility index (Phi) is 6.77. The molecule has 0 spiro atoms. The van der Waals surface area contributed by atoms with Crippen LogP contribution in [-0.4, -0.2) is 43.4 Å². The third-order valence-corrected chi connectivity index (χ3v) is 7.01. The lowest BCUT2D eigenvalue weighted by molar-refractivity contribution is 0.0936. The van der Waals surface area contributed by atoms with Crippen LogP contribution in [0, 0.1) is 6.92 Å². The second kappa shape index (κ2) is 9.71. The van der Waals surface area contributed by atoms with Gasteiger partial charge in [-0.1, -0.05) is 23.7 Å². The highest BCUT2D eigenvalue weighted by atomic mass is 35.5. The summed E-state index contributed by atoms with van der Waals surface area (Å²) in [4.78, 5) is 31.8. The number of hydrogen-bond acceptors (Lipinski definition) is 6. The Morgan fingerprint density at radius 1 is 1.28 bits per heavy atom. The number of halogens is 1. The zero-order valence-electron chi connectivity index (χ0n) is 17.9. The SMILES string of the molecule is COc1ccc(N2CCCC(NC(=O)c3sc(-c4ccc(Cl)cc4)nc3C)C2)cc1C=O. The third-order valence-electron chi connectivity index (χ3n) is 5.56. The second-order valence-electron chi connectivity index (χ2n) is 7.74. The summed E-state index contributed by atoms with van der Waals surface area (Å²) in [5.74, 6) is 0.457. The van der Waals surface area contributed by atoms with E-state index in [4.69, 9.17) is 16.3 Å². The zero-order valence-corrected chi connectivity index (χ0v) is 19.5. The summed E-state index contributed by atoms with van der Waals surface area (Å²) < 4.78 is 5.23. The van der Waals surface area contributed by atoms with Crippen LogP contribution in [-0.2, 0) is 0 Å². The molecule has 0 saturated carbocycles. The van der Waals surface area contributed by atoms with E-state index in [9.17, 15) is 9.59 Å². The van der Waals surface area contributed by atoms with Crippen LogP contribution in [0.15, 0.2) is 42.5 Å². The monoisotopic (exact) mass is 469 g/mol. The normalized spacial score (nSPS) is 16.0. The van der Waals surface area contributed by atoms with E-state index in [0.29, 0.717) is 27.8 Å². The van der Waals surface area contributed by atoms with Crippen molar-refractivity contribution in [2.45, 2.75) is 25.8 Å². The molecule has 1 atom stereocenters. The third kappa shape index (κ3) is 4.79. The summed E-state index contributed by atoms with van der Waals surface area (Å²) in [6, 6.07) is 13.0. The van der Waals surface area contributed by atoms with Gasteiger partial charge in [-0.25, -0.2) is 4.98 Å². The van der Waals surface area contributed by atoms with E-state index in [2.05, 4.69) is 15.2 Å². The first-order valence-corrected chi connectivity index (χ1v) is 11.6. The molecule has 1 unspecified atom stereocenters. The summed E-state index contributed by atoms with van der Waals surface area (Å²) in [5.41, 5.74) is 3.13. The van der Waals surface area contributed by atoms with Gasteiger partial charge < -0.3 is 15.0 Å². The maximum absolute atomic E-state index is 13.0. The average Bonchev–Trinajstić information content (AvgIpc) is 3.21. The predicted molar refractivity (Wildman–Crippen MR) is 128 cm³/mol. The Hall–Kier alpha value is -2.90. The van der Waals surface area contributed by atoms with Crippen LogP contribution in [0.25, 0.3) is 10.6 Å². The number of amides is 1. The number of thiazole rings is 1. The molecule has 6 nitrogen and oxygen atoms in total. The first-order valence-electron chi connectivity index (χ1n) is 10.4. The Bertz CT molecular complexity index is 1130. The topological polar surface area (TPSA) is 71.5 Å². The molecule has 3 aromatic rings. The van der Waals surface area contributed by atoms with E-state index in [0.717, 1.165) is 47.6 Å². The molecule has 0 radical (unpaired) electrons. The van der Waals surface area contributed by atoms with Crippen molar-refractivity contribution in [3.8, 4) is 16.3 Å². The van der Waals surface area contributed by atoms with E-state index in [-0.39, 0.29) is 11.9 Å². The van der Waals surface area contributed by atoms with Crippen LogP contribution in [0.1, 0.15) is 38.6 Å². The lowest BCUT2D eigenvalue weighted by atomic mass is 10.0. The number of anilines is 1. The highest BCUT2D eigenvalue weighted by Gasteiger charge is 2.25. The maximum atomic E-state index is 13.0. The lowest BCUT2D eigenvalue weighted by Crippen LogP contribution is -2.47. The van der Waals surface area contributed by atoms with Crippen LogP contribution in [0.2, 0.25) is 5.02 Å². The van der Waals surface area contributed by atoms with E-state index in [1.54, 1.807) is 13.2 Å². The molecule has 1 saturated heterocycles. The Balaban J connectivity index is 1.46. The number of nitrogens with one attached hydrogen (secondary N) is 1. The summed E-state index contributed by atoms with van der Waals surface area (Å²) in [5, 5.41) is 4.64. The molecule has 2 aromatic carbocycles. The molecule has 2 heterocycles. The van der Waals surface area contributed by atoms with Gasteiger partial charge in [-0.3, -0.25) is 9.59 Å². The quantitative estimate of drug-likeness (QED) is 0.515. The molecular formula is C24H24ClN3O3S. The number of carbonyl (C=O) groups excluding carboxylic acids is 2. The molecule has 1 aliphatic rings. The van der Waals surface area contributed by atoms with Gasteiger partial charge in [-0.15, -0.1) is 11.3 Å². The van der Waals surface area contributed by atoms with Gasteiger partial charge in [0.15, 0.2) is 6.29 Å². The number of methoxy groups -OCH3 is 1. The van der Waals surface area contributed by atoms with E-state index in [1.807, 2.05) is 43.3 Å². The van der Waals surface area contributed by atoms with E-state index in [1.165, 1.54) is 11.3 Å². The van der Waals surface area contributed by atoms with Gasteiger partial charge in [0, 0.05) is 35.4 Å². The minimum atomic E-state index is -0.102. The fraction of sp³-hybridized carbons (Fsp3) is 0.292. The predicted octanol–water partition coefficient (Wildman–Crippen LogP) is 4.99. The number of aromatic nitrogens is 1. The van der Waals surface area contributed by atoms with Crippen LogP contribution in [0.5, 0.6) is 5.75 Å². The fourth-order valence-corrected chi connectivity index (χ4v) is 5.01. The molecule has 0 aliphatic carbocycles. The molecule has 1 N–H and O–H groups in total. The highest BCUT2D eigenvalue weighted by Crippen LogP contribution is 2.30. The average molecular weight is 470 g/mol. The van der Waals surface area contributed by atoms with Gasteiger partial charge in [0.25, 0.3) is 5.91 Å². The molecular weight excluding hydrogens is 446 g/mol. The minimum absolute atomic E-state index is 0.0125. The van der Waals surface area contributed by atoms with Gasteiger partial charge in [0.1, 0.15) is 15.6 Å². The maximum Gasteiger partial charge on any atom is 0.263 e. The van der Waals surface area contributed by atoms with Crippen LogP contribution >= 0.6 is 22.9 Å². The summed E-state index contributed by atoms with van der Waals surface area (Å²) in [6.45, 7) is 3.41. The number of hydrogen-bond donors (Lipinski definition) is 1. The smallest absolute Gasteiger partial charge is 0.263 e. The largest absolute Gasteiger partial charge is 0.496 e. The number of aryl methyl sites for hydroxylation is 1. The number of benzene rings is 2. The first kappa shape index (κ1) is 22.3. The number of nitrogens with zero attached hydrogens (tertiary/aromatic N) is 2. The molecule has 1 aromatic heterocycles. The first-order chi connectivity index (χ1) is 15.5.